The molecule has 0 aromatic carbocycles. The number of nitrogens with one attached hydrogen (secondary N) is 2. The van der Waals surface area contributed by atoms with Crippen molar-refractivity contribution in [2.24, 2.45) is 0 Å². The van der Waals surface area contributed by atoms with E-state index in [0.717, 1.165) is 32.5 Å². The molecule has 20 heavy (non-hydrogen) atoms. The van der Waals surface area contributed by atoms with Gasteiger partial charge in [0.05, 0.1) is 18.5 Å². The van der Waals surface area contributed by atoms with Crippen LogP contribution in [0, 0.1) is 0 Å². The lowest BCUT2D eigenvalue weighted by Gasteiger charge is -2.38. The largest absolute Gasteiger partial charge is 0.378 e. The van der Waals surface area contributed by atoms with Gasteiger partial charge in [-0.2, -0.15) is 0 Å². The number of hydrogen-bond donors (Lipinski definition) is 2. The average molecular weight is 306 g/mol. The van der Waals surface area contributed by atoms with Crippen LogP contribution >= 0.6 is 0 Å². The van der Waals surface area contributed by atoms with Gasteiger partial charge in [0, 0.05) is 37.8 Å². The number of sulfonamides is 1. The molecule has 0 saturated carbocycles. The molecule has 2 aliphatic rings. The molecule has 2 N–H and O–H groups in total. The molecule has 6 nitrogen and oxygen atoms in total. The molecule has 0 aromatic rings. The second-order valence-electron chi connectivity index (χ2n) is 6.66. The Morgan fingerprint density at radius 3 is 2.70 bits per heavy atom. The first-order valence-electron chi connectivity index (χ1n) is 7.14. The maximum Gasteiger partial charge on any atom is 0.209 e. The summed E-state index contributed by atoms with van der Waals surface area (Å²) < 4.78 is 36.6. The third kappa shape index (κ3) is 4.66. The van der Waals surface area contributed by atoms with Gasteiger partial charge >= 0.3 is 0 Å². The molecule has 118 valence electrons. The number of rotatable bonds is 5. The van der Waals surface area contributed by atoms with E-state index >= 15 is 0 Å². The highest BCUT2D eigenvalue weighted by Gasteiger charge is 2.41. The minimum absolute atomic E-state index is 0.121. The highest BCUT2D eigenvalue weighted by Crippen LogP contribution is 2.32. The van der Waals surface area contributed by atoms with E-state index in [1.165, 1.54) is 6.26 Å². The summed E-state index contributed by atoms with van der Waals surface area (Å²) in [6.07, 6.45) is 4.03. The molecule has 0 amide bonds. The molecule has 2 fully saturated rings. The van der Waals surface area contributed by atoms with Crippen LogP contribution < -0.4 is 10.0 Å². The van der Waals surface area contributed by atoms with E-state index in [0.29, 0.717) is 19.2 Å². The molecule has 0 bridgehead atoms. The van der Waals surface area contributed by atoms with Crippen molar-refractivity contribution in [1.82, 2.24) is 10.0 Å². The predicted octanol–water partition coefficient (Wildman–Crippen LogP) is 0.242. The van der Waals surface area contributed by atoms with Crippen molar-refractivity contribution < 1.29 is 17.9 Å². The van der Waals surface area contributed by atoms with Gasteiger partial charge in [0.1, 0.15) is 0 Å². The van der Waals surface area contributed by atoms with Crippen LogP contribution in [0.4, 0.5) is 0 Å². The minimum Gasteiger partial charge on any atom is -0.378 e. The highest BCUT2D eigenvalue weighted by molar-refractivity contribution is 7.88. The van der Waals surface area contributed by atoms with Crippen LogP contribution in [0.25, 0.3) is 0 Å². The summed E-state index contributed by atoms with van der Waals surface area (Å²) in [6.45, 7) is 6.55. The van der Waals surface area contributed by atoms with E-state index in [9.17, 15) is 8.42 Å². The van der Waals surface area contributed by atoms with E-state index in [-0.39, 0.29) is 5.60 Å². The fourth-order valence-electron chi connectivity index (χ4n) is 3.00. The van der Waals surface area contributed by atoms with Crippen molar-refractivity contribution in [2.45, 2.75) is 50.3 Å². The zero-order chi connectivity index (χ0) is 14.9. The minimum atomic E-state index is -3.19. The summed E-state index contributed by atoms with van der Waals surface area (Å²) >= 11 is 0. The quantitative estimate of drug-likeness (QED) is 0.761. The summed E-state index contributed by atoms with van der Waals surface area (Å²) in [5.74, 6) is 0. The van der Waals surface area contributed by atoms with Gasteiger partial charge in [-0.05, 0) is 26.7 Å². The molecule has 2 atom stereocenters. The van der Waals surface area contributed by atoms with Crippen molar-refractivity contribution in [3.63, 3.8) is 0 Å². The summed E-state index contributed by atoms with van der Waals surface area (Å²) in [7, 11) is -3.19. The highest BCUT2D eigenvalue weighted by atomic mass is 32.2. The van der Waals surface area contributed by atoms with Gasteiger partial charge in [0.2, 0.25) is 10.0 Å². The van der Waals surface area contributed by atoms with Gasteiger partial charge in [-0.25, -0.2) is 13.1 Å². The molecule has 2 unspecified atom stereocenters. The monoisotopic (exact) mass is 306 g/mol. The molecule has 0 aromatic heterocycles. The zero-order valence-electron chi connectivity index (χ0n) is 12.6. The number of ether oxygens (including phenoxy) is 2. The molecular weight excluding hydrogens is 280 g/mol. The van der Waals surface area contributed by atoms with Gasteiger partial charge in [0.15, 0.2) is 0 Å². The Labute approximate surface area is 121 Å². The molecule has 0 aliphatic carbocycles. The van der Waals surface area contributed by atoms with Crippen LogP contribution in [0.2, 0.25) is 0 Å². The van der Waals surface area contributed by atoms with Crippen LogP contribution in [-0.4, -0.2) is 58.2 Å². The van der Waals surface area contributed by atoms with Crippen molar-refractivity contribution in [2.75, 3.05) is 32.6 Å². The number of hydrogen-bond acceptors (Lipinski definition) is 5. The fourth-order valence-corrected chi connectivity index (χ4v) is 4.08. The molecular formula is C13H26N2O4S. The van der Waals surface area contributed by atoms with Crippen molar-refractivity contribution >= 4 is 10.0 Å². The predicted molar refractivity (Wildman–Crippen MR) is 77.2 cm³/mol. The molecule has 2 saturated heterocycles. The molecule has 0 radical (unpaired) electrons. The maximum atomic E-state index is 11.3. The Kier molecular flexibility index (Phi) is 4.76. The lowest BCUT2D eigenvalue weighted by Crippen LogP contribution is -2.54. The van der Waals surface area contributed by atoms with Crippen molar-refractivity contribution in [1.29, 1.82) is 0 Å². The first-order valence-corrected chi connectivity index (χ1v) is 9.03. The zero-order valence-corrected chi connectivity index (χ0v) is 13.4. The second-order valence-corrected chi connectivity index (χ2v) is 8.41. The van der Waals surface area contributed by atoms with Crippen LogP contribution in [0.5, 0.6) is 0 Å². The Hall–Kier alpha value is -0.210. The van der Waals surface area contributed by atoms with E-state index in [2.05, 4.69) is 10.0 Å². The first-order chi connectivity index (χ1) is 9.20. The van der Waals surface area contributed by atoms with Gasteiger partial charge < -0.3 is 14.8 Å². The maximum absolute atomic E-state index is 11.3. The van der Waals surface area contributed by atoms with Crippen LogP contribution in [0.3, 0.4) is 0 Å². The third-order valence-electron chi connectivity index (χ3n) is 3.85. The normalized spacial score (nSPS) is 31.9. The average Bonchev–Trinajstić information content (AvgIpc) is 2.72. The van der Waals surface area contributed by atoms with Gasteiger partial charge in [-0.3, -0.25) is 0 Å². The topological polar surface area (TPSA) is 76.7 Å². The van der Waals surface area contributed by atoms with Gasteiger partial charge in [0.25, 0.3) is 0 Å². The summed E-state index contributed by atoms with van der Waals surface area (Å²) in [6, 6.07) is 0.353. The Balaban J connectivity index is 1.84. The Morgan fingerprint density at radius 2 is 2.10 bits per heavy atom. The van der Waals surface area contributed by atoms with Gasteiger partial charge in [-0.1, -0.05) is 0 Å². The molecule has 2 rings (SSSR count). The first kappa shape index (κ1) is 16.2. The molecule has 2 heterocycles. The SMILES string of the molecule is CC(C)(CNC1CCOC2(CCOC2)C1)NS(C)(=O)=O. The smallest absolute Gasteiger partial charge is 0.209 e. The summed E-state index contributed by atoms with van der Waals surface area (Å²) in [4.78, 5) is 0. The molecule has 7 heteroatoms. The van der Waals surface area contributed by atoms with Crippen LogP contribution in [-0.2, 0) is 19.5 Å². The van der Waals surface area contributed by atoms with E-state index in [4.69, 9.17) is 9.47 Å². The van der Waals surface area contributed by atoms with Crippen LogP contribution in [0.15, 0.2) is 0 Å². The van der Waals surface area contributed by atoms with E-state index in [1.807, 2.05) is 13.8 Å². The lowest BCUT2D eigenvalue weighted by molar-refractivity contribution is -0.0896. The Morgan fingerprint density at radius 1 is 1.35 bits per heavy atom. The lowest BCUT2D eigenvalue weighted by atomic mass is 9.89. The Bertz CT molecular complexity index is 430. The molecule has 2 aliphatic heterocycles. The fraction of sp³-hybridized carbons (Fsp3) is 1.00. The van der Waals surface area contributed by atoms with Gasteiger partial charge in [-0.15, -0.1) is 0 Å². The molecule has 1 spiro atoms. The van der Waals surface area contributed by atoms with Crippen molar-refractivity contribution in [3.05, 3.63) is 0 Å². The summed E-state index contributed by atoms with van der Waals surface area (Å²) in [5, 5.41) is 3.47. The third-order valence-corrected chi connectivity index (χ3v) is 4.78. The van der Waals surface area contributed by atoms with Crippen molar-refractivity contribution in [3.8, 4) is 0 Å². The second kappa shape index (κ2) is 5.88. The van der Waals surface area contributed by atoms with E-state index in [1.54, 1.807) is 0 Å². The van der Waals surface area contributed by atoms with Crippen LogP contribution in [0.1, 0.15) is 33.1 Å². The standard InChI is InChI=1S/C13H26N2O4S/c1-12(2,15-20(3,16)17)9-14-11-4-6-19-13(8-11)5-7-18-10-13/h11,14-15H,4-10H2,1-3H3. The summed E-state index contributed by atoms with van der Waals surface area (Å²) in [5.41, 5.74) is -0.616. The van der Waals surface area contributed by atoms with E-state index < -0.39 is 15.6 Å².